The van der Waals surface area contributed by atoms with E-state index in [2.05, 4.69) is 150 Å². The van der Waals surface area contributed by atoms with Crippen molar-refractivity contribution in [3.05, 3.63) is 188 Å². The lowest BCUT2D eigenvalue weighted by molar-refractivity contribution is 0.0706. The standard InChI is InChI=1S/C33H38N2O4.C33H38N2O3/c1-32(2)17-18-33(3,4)30-27(32)19-25(20-29(30)39-21-23-9-14-26(15-10-23)35(5)6)28(36)16-11-22-7-12-24(13-8-22)31(37)34-38;1-32(2)17-18-33(3,4)30-27(32)19-25(28(36)16-11-22-7-12-24(13-8-22)31(34)37)20-29(30)38-21-23-9-14-26(15-10-23)35(5)6/h7-10,12-15,19-20,28,36,38H,17-18,21H2,1-6H3,(H,34,37);7-10,12-15,19-20,28,36H,17-18,21H2,1-6H3,(H2,34,37). The van der Waals surface area contributed by atoms with Crippen LogP contribution in [-0.2, 0) is 34.9 Å². The molecule has 2 unspecified atom stereocenters. The van der Waals surface area contributed by atoms with E-state index in [1.165, 1.54) is 22.3 Å². The van der Waals surface area contributed by atoms with E-state index in [4.69, 9.17) is 20.4 Å². The Morgan fingerprint density at radius 2 is 0.896 bits per heavy atom. The minimum absolute atomic E-state index is 0.0493. The molecule has 0 fully saturated rings. The number of anilines is 2. The molecule has 2 aliphatic rings. The predicted octanol–water partition coefficient (Wildman–Crippen LogP) is 11.7. The van der Waals surface area contributed by atoms with Crippen molar-refractivity contribution in [3.8, 4) is 35.2 Å². The second-order valence-corrected chi connectivity index (χ2v) is 23.4. The molecule has 0 saturated heterocycles. The summed E-state index contributed by atoms with van der Waals surface area (Å²) in [4.78, 5) is 27.0. The molecule has 0 heterocycles. The van der Waals surface area contributed by atoms with Gasteiger partial charge < -0.3 is 35.2 Å². The summed E-state index contributed by atoms with van der Waals surface area (Å²) < 4.78 is 13.0. The maximum atomic E-state index is 11.6. The molecule has 0 aliphatic heterocycles. The van der Waals surface area contributed by atoms with E-state index in [9.17, 15) is 19.8 Å². The Labute approximate surface area is 456 Å². The van der Waals surface area contributed by atoms with Crippen molar-refractivity contribution in [2.75, 3.05) is 38.0 Å². The van der Waals surface area contributed by atoms with Crippen LogP contribution < -0.4 is 30.5 Å². The molecular formula is C66H76N4O7. The number of fused-ring (bicyclic) bond motifs is 2. The lowest BCUT2D eigenvalue weighted by atomic mass is 9.62. The molecule has 0 bridgehead atoms. The fourth-order valence-corrected chi connectivity index (χ4v) is 10.1. The number of amides is 2. The summed E-state index contributed by atoms with van der Waals surface area (Å²) in [7, 11) is 8.09. The molecule has 8 rings (SSSR count). The maximum Gasteiger partial charge on any atom is 0.274 e. The molecule has 0 saturated carbocycles. The van der Waals surface area contributed by atoms with E-state index in [0.717, 1.165) is 59.7 Å². The minimum atomic E-state index is -1.02. The van der Waals surface area contributed by atoms with Crippen molar-refractivity contribution in [1.82, 2.24) is 5.48 Å². The Morgan fingerprint density at radius 1 is 0.545 bits per heavy atom. The average Bonchev–Trinajstić information content (AvgIpc) is 3.42. The van der Waals surface area contributed by atoms with Gasteiger partial charge in [-0.1, -0.05) is 115 Å². The molecule has 2 atom stereocenters. The van der Waals surface area contributed by atoms with Crippen LogP contribution in [0.5, 0.6) is 11.5 Å². The highest BCUT2D eigenvalue weighted by molar-refractivity contribution is 5.93. The third-order valence-electron chi connectivity index (χ3n) is 15.3. The molecular weight excluding hydrogens is 961 g/mol. The Kier molecular flexibility index (Phi) is 17.4. The van der Waals surface area contributed by atoms with Crippen LogP contribution >= 0.6 is 0 Å². The van der Waals surface area contributed by atoms with Crippen molar-refractivity contribution in [1.29, 1.82) is 0 Å². The van der Waals surface area contributed by atoms with Crippen LogP contribution in [0.15, 0.2) is 121 Å². The monoisotopic (exact) mass is 1040 g/mol. The van der Waals surface area contributed by atoms with Gasteiger partial charge in [0.25, 0.3) is 5.91 Å². The number of nitrogens with zero attached hydrogens (tertiary/aromatic N) is 2. The van der Waals surface area contributed by atoms with Crippen LogP contribution in [0, 0.1) is 23.7 Å². The van der Waals surface area contributed by atoms with Gasteiger partial charge in [-0.05, 0) is 166 Å². The lowest BCUT2D eigenvalue weighted by Crippen LogP contribution is -2.34. The van der Waals surface area contributed by atoms with Gasteiger partial charge >= 0.3 is 0 Å². The van der Waals surface area contributed by atoms with Crippen molar-refractivity contribution < 1.29 is 34.5 Å². The average molecular weight is 1040 g/mol. The number of benzene rings is 6. The Morgan fingerprint density at radius 3 is 1.23 bits per heavy atom. The van der Waals surface area contributed by atoms with Crippen molar-refractivity contribution in [2.45, 2.75) is 128 Å². The molecule has 402 valence electrons. The first-order valence-electron chi connectivity index (χ1n) is 26.3. The second kappa shape index (κ2) is 23.4. The van der Waals surface area contributed by atoms with Gasteiger partial charge in [-0.3, -0.25) is 14.8 Å². The van der Waals surface area contributed by atoms with Crippen LogP contribution in [0.2, 0.25) is 0 Å². The third kappa shape index (κ3) is 13.7. The fraction of sp³-hybridized carbons (Fsp3) is 0.364. The largest absolute Gasteiger partial charge is 0.489 e. The number of nitrogens with two attached hydrogens (primary N) is 1. The predicted molar refractivity (Wildman–Crippen MR) is 308 cm³/mol. The molecule has 6 N–H and O–H groups in total. The minimum Gasteiger partial charge on any atom is -0.489 e. The topological polar surface area (TPSA) is 158 Å². The number of rotatable bonds is 12. The number of aliphatic hydroxyl groups is 2. The first-order chi connectivity index (χ1) is 36.3. The van der Waals surface area contributed by atoms with E-state index < -0.39 is 24.0 Å². The van der Waals surface area contributed by atoms with E-state index >= 15 is 0 Å². The van der Waals surface area contributed by atoms with Crippen LogP contribution in [0.25, 0.3) is 0 Å². The number of ether oxygens (including phenoxy) is 2. The zero-order chi connectivity index (χ0) is 56.0. The van der Waals surface area contributed by atoms with Crippen LogP contribution in [0.3, 0.4) is 0 Å². The summed E-state index contributed by atoms with van der Waals surface area (Å²) in [5, 5.41) is 31.0. The van der Waals surface area contributed by atoms with E-state index in [1.807, 2.05) is 40.3 Å². The summed E-state index contributed by atoms with van der Waals surface area (Å²) in [5.41, 5.74) is 19.5. The zero-order valence-corrected chi connectivity index (χ0v) is 46.9. The van der Waals surface area contributed by atoms with Gasteiger partial charge in [-0.25, -0.2) is 5.48 Å². The first kappa shape index (κ1) is 57.2. The van der Waals surface area contributed by atoms with E-state index in [1.54, 1.807) is 54.0 Å². The molecule has 2 aliphatic carbocycles. The van der Waals surface area contributed by atoms with E-state index in [-0.39, 0.29) is 21.7 Å². The van der Waals surface area contributed by atoms with Crippen molar-refractivity contribution in [2.24, 2.45) is 5.73 Å². The normalized spacial score (nSPS) is 15.9. The van der Waals surface area contributed by atoms with Gasteiger partial charge in [-0.15, -0.1) is 0 Å². The number of carbonyl (C=O) groups is 2. The van der Waals surface area contributed by atoms with Gasteiger partial charge in [0, 0.05) is 72.9 Å². The highest BCUT2D eigenvalue weighted by atomic mass is 16.5. The number of primary amides is 1. The Bertz CT molecular complexity index is 3200. The summed E-state index contributed by atoms with van der Waals surface area (Å²) in [6.45, 7) is 18.9. The first-order valence-corrected chi connectivity index (χ1v) is 26.3. The van der Waals surface area contributed by atoms with Gasteiger partial charge in [0.15, 0.2) is 0 Å². The zero-order valence-electron chi connectivity index (χ0n) is 46.9. The number of hydrogen-bond donors (Lipinski definition) is 5. The molecule has 11 nitrogen and oxygen atoms in total. The smallest absolute Gasteiger partial charge is 0.274 e. The molecule has 6 aromatic carbocycles. The molecule has 2 amide bonds. The quantitative estimate of drug-likeness (QED) is 0.0457. The summed E-state index contributed by atoms with van der Waals surface area (Å²) in [6, 6.07) is 38.0. The highest BCUT2D eigenvalue weighted by Gasteiger charge is 2.41. The number of hydrogen-bond acceptors (Lipinski definition) is 9. The second-order valence-electron chi connectivity index (χ2n) is 23.4. The lowest BCUT2D eigenvalue weighted by Gasteiger charge is -2.43. The molecule has 6 aromatic rings. The van der Waals surface area contributed by atoms with Crippen molar-refractivity contribution in [3.63, 3.8) is 0 Å². The van der Waals surface area contributed by atoms with Crippen LogP contribution in [0.4, 0.5) is 11.4 Å². The Hall–Kier alpha value is -7.54. The Balaban J connectivity index is 0.000000224. The van der Waals surface area contributed by atoms with Crippen molar-refractivity contribution >= 4 is 23.2 Å². The molecule has 11 heteroatoms. The number of nitrogens with one attached hydrogen (secondary N) is 1. The van der Waals surface area contributed by atoms with Crippen LogP contribution in [-0.4, -0.2) is 55.4 Å². The highest BCUT2D eigenvalue weighted by Crippen LogP contribution is 2.52. The van der Waals surface area contributed by atoms with E-state index in [0.29, 0.717) is 46.6 Å². The summed E-state index contributed by atoms with van der Waals surface area (Å²) in [5.74, 6) is 12.5. The molecule has 0 spiro atoms. The summed E-state index contributed by atoms with van der Waals surface area (Å²) in [6.07, 6.45) is 2.20. The summed E-state index contributed by atoms with van der Waals surface area (Å²) >= 11 is 0. The fourth-order valence-electron chi connectivity index (χ4n) is 10.1. The van der Waals surface area contributed by atoms with Gasteiger partial charge in [0.1, 0.15) is 36.9 Å². The SMILES string of the molecule is CN(C)c1ccc(COc2cc(C(O)C#Cc3ccc(C(=O)NO)cc3)cc3c2C(C)(C)CCC3(C)C)cc1.CN(C)c1ccc(COc2cc(C(O)C#Cc3ccc(C(N)=O)cc3)cc3c2C(C)(C)CCC3(C)C)cc1. The maximum absolute atomic E-state index is 11.6. The molecule has 0 radical (unpaired) electrons. The number of hydroxylamine groups is 1. The third-order valence-corrected chi connectivity index (χ3v) is 15.3. The van der Waals surface area contributed by atoms with Gasteiger partial charge in [-0.2, -0.15) is 0 Å². The van der Waals surface area contributed by atoms with Gasteiger partial charge in [0.2, 0.25) is 5.91 Å². The van der Waals surface area contributed by atoms with Gasteiger partial charge in [0.05, 0.1) is 0 Å². The molecule has 77 heavy (non-hydrogen) atoms. The number of carbonyl (C=O) groups excluding carboxylic acids is 2. The molecule has 0 aromatic heterocycles. The van der Waals surface area contributed by atoms with Crippen LogP contribution in [0.1, 0.15) is 170 Å². The number of aliphatic hydroxyl groups excluding tert-OH is 2.